The average Bonchev–Trinajstić information content (AvgIpc) is 3.76. The summed E-state index contributed by atoms with van der Waals surface area (Å²) in [5, 5.41) is 8.80. The van der Waals surface area contributed by atoms with Crippen LogP contribution in [0, 0.1) is 19.1 Å². The number of pyridine rings is 2. The zero-order valence-electron chi connectivity index (χ0n) is 30.4. The van der Waals surface area contributed by atoms with Gasteiger partial charge in [0.25, 0.3) is 0 Å². The monoisotopic (exact) mass is 909 g/mol. The fourth-order valence-corrected chi connectivity index (χ4v) is 9.34. The first-order chi connectivity index (χ1) is 25.8. The van der Waals surface area contributed by atoms with Crippen LogP contribution in [-0.2, 0) is 20.1 Å². The Kier molecular flexibility index (Phi) is 9.59. The van der Waals surface area contributed by atoms with Crippen LogP contribution in [0.3, 0.4) is 0 Å². The van der Waals surface area contributed by atoms with Crippen LogP contribution >= 0.6 is 11.3 Å². The summed E-state index contributed by atoms with van der Waals surface area (Å²) in [4.78, 5) is 15.6. The molecule has 0 saturated carbocycles. The zero-order chi connectivity index (χ0) is 36.1. The Labute approximate surface area is 333 Å². The molecule has 0 unspecified atom stereocenters. The smallest absolute Gasteiger partial charge is 0.113 e. The van der Waals surface area contributed by atoms with Gasteiger partial charge in [-0.2, -0.15) is 11.3 Å². The minimum atomic E-state index is -1.32. The second-order valence-electron chi connectivity index (χ2n) is 14.4. The quantitative estimate of drug-likeness (QED) is 0.100. The molecule has 0 bridgehead atoms. The summed E-state index contributed by atoms with van der Waals surface area (Å²) in [5.74, 6) is 0.909. The molecule has 0 atom stereocenters. The van der Waals surface area contributed by atoms with Crippen molar-refractivity contribution >= 4 is 77.5 Å². The summed E-state index contributed by atoms with van der Waals surface area (Å²) >= 11 is 1.72. The standard InChI is InChI=1S/C25H16N3S.C22H20NSi.Ir/c1-16-14-15-19-18-10-7-11-20(23(18)29-25(19)26-16)24-27-21-12-5-6-13-22(21)28(24)17-8-3-2-4-9-17;1-24(2,3)17-12-14-22(23-15-17)21-10-6-9-19-18-8-5-4-7-16(18)11-13-20(19)21;/h2-10,12-15H,1H3;4-9,11-15H,1-3H3;/q2*-1;. The van der Waals surface area contributed by atoms with E-state index < -0.39 is 8.07 Å². The van der Waals surface area contributed by atoms with Crippen molar-refractivity contribution in [2.24, 2.45) is 0 Å². The van der Waals surface area contributed by atoms with E-state index in [0.29, 0.717) is 0 Å². The molecule has 0 amide bonds. The number of aryl methyl sites for hydroxylation is 1. The molecule has 7 heteroatoms. The topological polar surface area (TPSA) is 43.6 Å². The number of para-hydroxylation sites is 3. The van der Waals surface area contributed by atoms with Crippen LogP contribution in [0.1, 0.15) is 5.69 Å². The van der Waals surface area contributed by atoms with E-state index in [9.17, 15) is 0 Å². The molecular weight excluding hydrogens is 873 g/mol. The van der Waals surface area contributed by atoms with Gasteiger partial charge in [0.15, 0.2) is 0 Å². The molecule has 0 fully saturated rings. The molecule has 6 aromatic carbocycles. The predicted molar refractivity (Wildman–Crippen MR) is 227 cm³/mol. The first-order valence-electron chi connectivity index (χ1n) is 17.9. The third kappa shape index (κ3) is 6.48. The Morgan fingerprint density at radius 1 is 0.611 bits per heavy atom. The molecule has 0 saturated heterocycles. The van der Waals surface area contributed by atoms with Crippen LogP contribution in [0.5, 0.6) is 0 Å². The van der Waals surface area contributed by atoms with E-state index >= 15 is 0 Å². The Morgan fingerprint density at radius 3 is 2.13 bits per heavy atom. The maximum atomic E-state index is 5.02. The number of fused-ring (bicyclic) bond motifs is 7. The minimum absolute atomic E-state index is 0. The van der Waals surface area contributed by atoms with Crippen LogP contribution in [-0.4, -0.2) is 27.6 Å². The van der Waals surface area contributed by atoms with Gasteiger partial charge in [-0.05, 0) is 69.0 Å². The van der Waals surface area contributed by atoms with E-state index in [2.05, 4.69) is 158 Å². The van der Waals surface area contributed by atoms with Crippen molar-refractivity contribution in [1.82, 2.24) is 19.5 Å². The molecule has 265 valence electrons. The van der Waals surface area contributed by atoms with Gasteiger partial charge in [0.05, 0.1) is 24.9 Å². The molecule has 10 rings (SSSR count). The third-order valence-electron chi connectivity index (χ3n) is 9.84. The number of hydrogen-bond acceptors (Lipinski definition) is 4. The fraction of sp³-hybridized carbons (Fsp3) is 0.0851. The number of nitrogens with zero attached hydrogens (tertiary/aromatic N) is 4. The number of aromatic nitrogens is 4. The zero-order valence-corrected chi connectivity index (χ0v) is 34.6. The summed E-state index contributed by atoms with van der Waals surface area (Å²) in [6.07, 6.45) is 2.05. The van der Waals surface area contributed by atoms with Gasteiger partial charge < -0.3 is 9.55 Å². The molecule has 54 heavy (non-hydrogen) atoms. The second kappa shape index (κ2) is 14.5. The van der Waals surface area contributed by atoms with Crippen LogP contribution in [0.2, 0.25) is 19.6 Å². The number of hydrogen-bond donors (Lipinski definition) is 0. The van der Waals surface area contributed by atoms with Crippen molar-refractivity contribution in [2.75, 3.05) is 0 Å². The van der Waals surface area contributed by atoms with Gasteiger partial charge in [0, 0.05) is 37.7 Å². The average molecular weight is 909 g/mol. The van der Waals surface area contributed by atoms with E-state index in [1.54, 1.807) is 11.3 Å². The first kappa shape index (κ1) is 35.7. The minimum Gasteiger partial charge on any atom is -0.333 e. The van der Waals surface area contributed by atoms with Crippen molar-refractivity contribution < 1.29 is 20.1 Å². The number of imidazole rings is 1. The number of rotatable bonds is 4. The Balaban J connectivity index is 0.000000153. The van der Waals surface area contributed by atoms with Crippen molar-refractivity contribution in [1.29, 1.82) is 0 Å². The largest absolute Gasteiger partial charge is 0.333 e. The normalized spacial score (nSPS) is 11.6. The van der Waals surface area contributed by atoms with Gasteiger partial charge in [-0.25, -0.2) is 4.98 Å². The molecule has 4 heterocycles. The molecule has 4 aromatic heterocycles. The number of benzene rings is 6. The van der Waals surface area contributed by atoms with Crippen LogP contribution in [0.15, 0.2) is 146 Å². The van der Waals surface area contributed by atoms with E-state index in [0.717, 1.165) is 49.9 Å². The van der Waals surface area contributed by atoms with Crippen molar-refractivity contribution in [3.05, 3.63) is 164 Å². The van der Waals surface area contributed by atoms with Crippen LogP contribution in [0.4, 0.5) is 0 Å². The van der Waals surface area contributed by atoms with Crippen molar-refractivity contribution in [2.45, 2.75) is 26.6 Å². The molecule has 10 aromatic rings. The number of thiophene rings is 1. The first-order valence-corrected chi connectivity index (χ1v) is 22.2. The van der Waals surface area contributed by atoms with E-state index in [4.69, 9.17) is 15.0 Å². The second-order valence-corrected chi connectivity index (χ2v) is 20.5. The fourth-order valence-electron chi connectivity index (χ4n) is 7.09. The van der Waals surface area contributed by atoms with E-state index in [1.807, 2.05) is 31.2 Å². The van der Waals surface area contributed by atoms with Gasteiger partial charge >= 0.3 is 0 Å². The molecule has 1 radical (unpaired) electrons. The molecule has 0 aliphatic carbocycles. The van der Waals surface area contributed by atoms with Crippen LogP contribution < -0.4 is 5.19 Å². The maximum Gasteiger partial charge on any atom is 0.113 e. The summed E-state index contributed by atoms with van der Waals surface area (Å²) in [6, 6.07) is 55.4. The SMILES string of the molecule is C[Si](C)(C)c1ccc(-c2[c-]ccc3c2ccc2ccccc23)nc1.Cc1ccc2c(n1)sc1c(-c3nc4ccccc4n3-c3ccccc3)[c-]ccc12.[Ir]. The Hall–Kier alpha value is -5.30. The third-order valence-corrected chi connectivity index (χ3v) is 13.0. The summed E-state index contributed by atoms with van der Waals surface area (Å²) in [5.41, 5.74) is 7.30. The van der Waals surface area contributed by atoms with E-state index in [1.165, 1.54) is 42.2 Å². The molecule has 0 spiro atoms. The predicted octanol–water partition coefficient (Wildman–Crippen LogP) is 12.0. The van der Waals surface area contributed by atoms with E-state index in [-0.39, 0.29) is 20.1 Å². The van der Waals surface area contributed by atoms with Gasteiger partial charge in [0.1, 0.15) is 4.83 Å². The molecule has 0 N–H and O–H groups in total. The van der Waals surface area contributed by atoms with Gasteiger partial charge in [-0.15, -0.1) is 42.0 Å². The van der Waals surface area contributed by atoms with Crippen molar-refractivity contribution in [3.8, 4) is 28.3 Å². The summed E-state index contributed by atoms with van der Waals surface area (Å²) in [7, 11) is -1.32. The summed E-state index contributed by atoms with van der Waals surface area (Å²) < 4.78 is 3.40. The van der Waals surface area contributed by atoms with Gasteiger partial charge in [-0.3, -0.25) is 4.98 Å². The molecule has 4 nitrogen and oxygen atoms in total. The summed E-state index contributed by atoms with van der Waals surface area (Å²) in [6.45, 7) is 9.07. The van der Waals surface area contributed by atoms with Gasteiger partial charge in [0.2, 0.25) is 0 Å². The van der Waals surface area contributed by atoms with Crippen LogP contribution in [0.25, 0.3) is 81.2 Å². The molecular formula is C47H36IrN4SSi-2. The van der Waals surface area contributed by atoms with Crippen molar-refractivity contribution in [3.63, 3.8) is 0 Å². The van der Waals surface area contributed by atoms with Gasteiger partial charge in [-0.1, -0.05) is 126 Å². The maximum absolute atomic E-state index is 5.02. The molecule has 0 aliphatic heterocycles. The molecule has 0 aliphatic rings. The Bertz CT molecular complexity index is 2950. The Morgan fingerprint density at radius 2 is 1.33 bits per heavy atom.